The summed E-state index contributed by atoms with van der Waals surface area (Å²) in [6.45, 7) is 9.45. The number of hydrogen-bond acceptors (Lipinski definition) is 5. The fourth-order valence-electron chi connectivity index (χ4n) is 4.13. The Labute approximate surface area is 165 Å². The number of guanidine groups is 1. The van der Waals surface area contributed by atoms with Crippen LogP contribution < -0.4 is 0 Å². The number of imide groups is 1. The van der Waals surface area contributed by atoms with Gasteiger partial charge in [0.2, 0.25) is 5.96 Å². The molecule has 3 amide bonds. The zero-order chi connectivity index (χ0) is 20.2. The van der Waals surface area contributed by atoms with Crippen molar-refractivity contribution >= 4 is 17.9 Å². The molecule has 0 spiro atoms. The van der Waals surface area contributed by atoms with Crippen LogP contribution in [-0.4, -0.2) is 63.3 Å². The molecule has 7 nitrogen and oxygen atoms in total. The molecule has 3 aliphatic heterocycles. The number of benzene rings is 1. The fourth-order valence-corrected chi connectivity index (χ4v) is 4.13. The molecule has 3 aliphatic rings. The third-order valence-electron chi connectivity index (χ3n) is 5.47. The summed E-state index contributed by atoms with van der Waals surface area (Å²) in [5, 5.41) is 0. The van der Waals surface area contributed by atoms with Gasteiger partial charge in [-0.05, 0) is 25.3 Å². The van der Waals surface area contributed by atoms with Gasteiger partial charge in [-0.3, -0.25) is 9.69 Å². The molecule has 2 unspecified atom stereocenters. The average molecular weight is 381 g/mol. The lowest BCUT2D eigenvalue weighted by molar-refractivity contribution is -0.137. The van der Waals surface area contributed by atoms with Gasteiger partial charge in [0.1, 0.15) is 0 Å². The van der Waals surface area contributed by atoms with E-state index >= 15 is 0 Å². The van der Waals surface area contributed by atoms with Gasteiger partial charge in [0.05, 0.1) is 6.54 Å². The van der Waals surface area contributed by atoms with Crippen molar-refractivity contribution in [3.8, 4) is 0 Å². The predicted octanol–water partition coefficient (Wildman–Crippen LogP) is 2.59. The number of hydrogen-bond donors (Lipinski definition) is 0. The second-order valence-electron chi connectivity index (χ2n) is 8.28. The van der Waals surface area contributed by atoms with Crippen LogP contribution in [0.3, 0.4) is 0 Å². The van der Waals surface area contributed by atoms with Crippen LogP contribution in [0.5, 0.6) is 0 Å². The highest BCUT2D eigenvalue weighted by Crippen LogP contribution is 2.34. The van der Waals surface area contributed by atoms with Crippen LogP contribution in [0.1, 0.15) is 31.9 Å². The highest BCUT2D eigenvalue weighted by Gasteiger charge is 2.54. The molecule has 28 heavy (non-hydrogen) atoms. The number of rotatable bonds is 4. The molecule has 0 saturated carbocycles. The van der Waals surface area contributed by atoms with E-state index in [-0.39, 0.29) is 18.5 Å². The molecule has 2 atom stereocenters. The third kappa shape index (κ3) is 2.85. The largest absolute Gasteiger partial charge is 0.328 e. The molecule has 1 fully saturated rings. The number of aryl methyl sites for hydroxylation is 1. The summed E-state index contributed by atoms with van der Waals surface area (Å²) in [6.07, 6.45) is 1.50. The normalized spacial score (nSPS) is 24.1. The first-order valence-corrected chi connectivity index (χ1v) is 9.73. The number of carbonyl (C=O) groups excluding carboxylic acids is 2. The van der Waals surface area contributed by atoms with E-state index in [9.17, 15) is 9.59 Å². The van der Waals surface area contributed by atoms with E-state index in [1.807, 2.05) is 49.2 Å². The van der Waals surface area contributed by atoms with Crippen molar-refractivity contribution in [1.29, 1.82) is 0 Å². The molecule has 0 aliphatic carbocycles. The minimum Gasteiger partial charge on any atom is -0.315 e. The van der Waals surface area contributed by atoms with Crippen LogP contribution in [0.15, 0.2) is 41.2 Å². The van der Waals surface area contributed by atoms with E-state index in [0.29, 0.717) is 5.92 Å². The van der Waals surface area contributed by atoms with Gasteiger partial charge in [-0.1, -0.05) is 43.7 Å². The molecule has 1 aromatic rings. The van der Waals surface area contributed by atoms with Crippen molar-refractivity contribution in [2.45, 2.75) is 46.4 Å². The van der Waals surface area contributed by atoms with Crippen LogP contribution in [0, 0.1) is 12.8 Å². The van der Waals surface area contributed by atoms with E-state index < -0.39 is 12.2 Å². The number of likely N-dealkylation sites (N-methyl/N-ethyl adjacent to an activating group) is 1. The van der Waals surface area contributed by atoms with E-state index in [1.165, 1.54) is 4.90 Å². The molecule has 148 valence electrons. The smallest absolute Gasteiger partial charge is 0.315 e. The maximum atomic E-state index is 13.3. The Morgan fingerprint density at radius 1 is 1.14 bits per heavy atom. The second kappa shape index (κ2) is 6.65. The Bertz CT molecular complexity index is 891. The molecule has 3 heterocycles. The van der Waals surface area contributed by atoms with E-state index in [0.717, 1.165) is 29.3 Å². The fraction of sp³-hybridized carbons (Fsp3) is 0.476. The topological polar surface area (TPSA) is 59.5 Å². The summed E-state index contributed by atoms with van der Waals surface area (Å²) >= 11 is 0. The summed E-state index contributed by atoms with van der Waals surface area (Å²) in [5.74, 6) is 1.04. The molecule has 1 saturated heterocycles. The summed E-state index contributed by atoms with van der Waals surface area (Å²) in [4.78, 5) is 38.1. The number of allylic oxidation sites excluding steroid dienone is 1. The van der Waals surface area contributed by atoms with Gasteiger partial charge >= 0.3 is 6.03 Å². The number of carbonyl (C=O) groups is 2. The summed E-state index contributed by atoms with van der Waals surface area (Å²) in [6, 6.07) is 7.10. The summed E-state index contributed by atoms with van der Waals surface area (Å²) in [5.41, 5.74) is 3.13. The highest BCUT2D eigenvalue weighted by molar-refractivity contribution is 6.04. The van der Waals surface area contributed by atoms with Crippen LogP contribution in [0.2, 0.25) is 0 Å². The van der Waals surface area contributed by atoms with Crippen molar-refractivity contribution in [2.24, 2.45) is 10.9 Å². The lowest BCUT2D eigenvalue weighted by Crippen LogP contribution is -2.63. The molecule has 4 rings (SSSR count). The van der Waals surface area contributed by atoms with Crippen LogP contribution in [0.4, 0.5) is 4.79 Å². The van der Waals surface area contributed by atoms with Crippen molar-refractivity contribution in [2.75, 3.05) is 13.6 Å². The Hall–Kier alpha value is -2.83. The highest BCUT2D eigenvalue weighted by atomic mass is 16.2. The van der Waals surface area contributed by atoms with Gasteiger partial charge in [-0.15, -0.1) is 0 Å². The molecule has 0 radical (unpaired) electrons. The zero-order valence-corrected chi connectivity index (χ0v) is 17.1. The van der Waals surface area contributed by atoms with Crippen molar-refractivity contribution in [3.05, 3.63) is 47.3 Å². The number of urea groups is 1. The van der Waals surface area contributed by atoms with Crippen molar-refractivity contribution in [1.82, 2.24) is 19.6 Å². The van der Waals surface area contributed by atoms with Crippen molar-refractivity contribution in [3.63, 3.8) is 0 Å². The Morgan fingerprint density at radius 2 is 1.89 bits per heavy atom. The number of nitrogens with zero attached hydrogens (tertiary/aromatic N) is 5. The molecule has 7 heteroatoms. The molecular weight excluding hydrogens is 354 g/mol. The van der Waals surface area contributed by atoms with Gasteiger partial charge in [-0.2, -0.15) is 0 Å². The maximum Gasteiger partial charge on any atom is 0.328 e. The number of aliphatic imine (C=N–C) groups is 1. The van der Waals surface area contributed by atoms with Crippen LogP contribution in [0.25, 0.3) is 0 Å². The van der Waals surface area contributed by atoms with Gasteiger partial charge in [0, 0.05) is 25.5 Å². The molecular formula is C21H27N5O2. The molecule has 0 aromatic heterocycles. The van der Waals surface area contributed by atoms with Gasteiger partial charge in [0.15, 0.2) is 12.2 Å². The first-order chi connectivity index (χ1) is 13.3. The Kier molecular flexibility index (Phi) is 4.40. The second-order valence-corrected chi connectivity index (χ2v) is 8.28. The minimum absolute atomic E-state index is 0.191. The van der Waals surface area contributed by atoms with Gasteiger partial charge < -0.3 is 14.7 Å². The summed E-state index contributed by atoms with van der Waals surface area (Å²) in [7, 11) is 1.73. The first-order valence-electron chi connectivity index (χ1n) is 9.73. The van der Waals surface area contributed by atoms with E-state index in [2.05, 4.69) is 18.7 Å². The maximum absolute atomic E-state index is 13.3. The number of fused-ring (bicyclic) bond motifs is 3. The lowest BCUT2D eigenvalue weighted by atomic mass is 10.1. The van der Waals surface area contributed by atoms with Crippen LogP contribution >= 0.6 is 0 Å². The standard InChI is InChI=1S/C21H27N5O2/c1-13(2)10-24-15(4)11-25-17-18(22-20(24)25)23(5)21(28)26(19(17)27)12-16-8-6-7-14(3)9-16/h6-9,11,13,17-18H,10,12H2,1-5H3. The van der Waals surface area contributed by atoms with E-state index in [1.54, 1.807) is 11.9 Å². The quantitative estimate of drug-likeness (QED) is 0.804. The predicted molar refractivity (Wildman–Crippen MR) is 107 cm³/mol. The van der Waals surface area contributed by atoms with Gasteiger partial charge in [0.25, 0.3) is 5.91 Å². The molecule has 0 N–H and O–H groups in total. The van der Waals surface area contributed by atoms with Gasteiger partial charge in [-0.25, -0.2) is 9.79 Å². The SMILES string of the molecule is CC1=CN2C(=NC3C2C(=O)N(Cc2cccc(C)c2)C(=O)N3C)N1CC(C)C. The van der Waals surface area contributed by atoms with Crippen molar-refractivity contribution < 1.29 is 9.59 Å². The Balaban J connectivity index is 1.63. The molecule has 0 bridgehead atoms. The molecule has 1 aromatic carbocycles. The monoisotopic (exact) mass is 381 g/mol. The third-order valence-corrected chi connectivity index (χ3v) is 5.47. The average Bonchev–Trinajstić information content (AvgIpc) is 3.13. The number of amides is 3. The minimum atomic E-state index is -0.505. The Morgan fingerprint density at radius 3 is 2.57 bits per heavy atom. The summed E-state index contributed by atoms with van der Waals surface area (Å²) < 4.78 is 0. The van der Waals surface area contributed by atoms with Crippen LogP contribution in [-0.2, 0) is 11.3 Å². The first kappa shape index (κ1) is 18.5. The van der Waals surface area contributed by atoms with E-state index in [4.69, 9.17) is 4.99 Å². The lowest BCUT2D eigenvalue weighted by Gasteiger charge is -2.40. The zero-order valence-electron chi connectivity index (χ0n) is 17.1.